The topological polar surface area (TPSA) is 0 Å². The van der Waals surface area contributed by atoms with E-state index in [1.54, 1.807) is 11.8 Å². The minimum absolute atomic E-state index is 0.163. The number of halogens is 2. The van der Waals surface area contributed by atoms with Gasteiger partial charge in [0, 0.05) is 5.92 Å². The van der Waals surface area contributed by atoms with Crippen LogP contribution in [0.5, 0.6) is 0 Å². The van der Waals surface area contributed by atoms with E-state index in [-0.39, 0.29) is 5.92 Å². The van der Waals surface area contributed by atoms with E-state index in [0.29, 0.717) is 0 Å². The van der Waals surface area contributed by atoms with Gasteiger partial charge in [-0.25, -0.2) is 0 Å². The minimum atomic E-state index is -1.59. The van der Waals surface area contributed by atoms with Gasteiger partial charge in [-0.05, 0) is 30.1 Å². The lowest BCUT2D eigenvalue weighted by molar-refractivity contribution is 0.414. The predicted molar refractivity (Wildman–Crippen MR) is 62.5 cm³/mol. The molecule has 1 unspecified atom stereocenters. The Bertz CT molecular complexity index is 305. The van der Waals surface area contributed by atoms with Crippen molar-refractivity contribution in [2.75, 3.05) is 12.0 Å². The van der Waals surface area contributed by atoms with Gasteiger partial charge in [-0.15, -0.1) is 0 Å². The van der Waals surface area contributed by atoms with E-state index in [1.807, 2.05) is 36.6 Å². The molecule has 0 aliphatic rings. The molecular formula is C12H14F2S. The summed E-state index contributed by atoms with van der Waals surface area (Å²) in [6, 6.07) is 9.44. The summed E-state index contributed by atoms with van der Waals surface area (Å²) in [6.07, 6.45) is 2.19. The lowest BCUT2D eigenvalue weighted by Crippen LogP contribution is -1.97. The summed E-state index contributed by atoms with van der Waals surface area (Å²) < 4.78 is 24.5. The number of hydrogen-bond donors (Lipinski definition) is 0. The van der Waals surface area contributed by atoms with Crippen LogP contribution in [0.25, 0.3) is 0 Å². The smallest absolute Gasteiger partial charge is 0.174 e. The maximum absolute atomic E-state index is 12.3. The highest BCUT2D eigenvalue weighted by Gasteiger charge is 2.09. The Balaban J connectivity index is 2.77. The highest BCUT2D eigenvalue weighted by Crippen LogP contribution is 2.24. The van der Waals surface area contributed by atoms with Crippen molar-refractivity contribution in [3.05, 3.63) is 48.1 Å². The van der Waals surface area contributed by atoms with Gasteiger partial charge in [-0.3, -0.25) is 0 Å². The third kappa shape index (κ3) is 4.47. The first-order chi connectivity index (χ1) is 7.24. The molecule has 0 amide bonds. The molecule has 0 bridgehead atoms. The van der Waals surface area contributed by atoms with Gasteiger partial charge in [0.15, 0.2) is 0 Å². The molecule has 82 valence electrons. The number of allylic oxidation sites excluding steroid dienone is 1. The van der Waals surface area contributed by atoms with Crippen LogP contribution in [0, 0.1) is 0 Å². The third-order valence-corrected chi connectivity index (χ3v) is 2.83. The van der Waals surface area contributed by atoms with Crippen molar-refractivity contribution in [2.45, 2.75) is 12.3 Å². The van der Waals surface area contributed by atoms with Crippen LogP contribution in [-0.4, -0.2) is 12.0 Å². The molecule has 0 aliphatic heterocycles. The Morgan fingerprint density at radius 1 is 1.33 bits per heavy atom. The first-order valence-electron chi connectivity index (χ1n) is 4.80. The fourth-order valence-electron chi connectivity index (χ4n) is 1.44. The Morgan fingerprint density at radius 3 is 2.53 bits per heavy atom. The van der Waals surface area contributed by atoms with E-state index in [1.165, 1.54) is 0 Å². The monoisotopic (exact) mass is 228 g/mol. The normalized spacial score (nSPS) is 12.2. The fourth-order valence-corrected chi connectivity index (χ4v) is 1.93. The van der Waals surface area contributed by atoms with Crippen LogP contribution < -0.4 is 0 Å². The lowest BCUT2D eigenvalue weighted by Gasteiger charge is -2.11. The van der Waals surface area contributed by atoms with Crippen LogP contribution in [0.15, 0.2) is 42.5 Å². The second-order valence-electron chi connectivity index (χ2n) is 3.25. The van der Waals surface area contributed by atoms with Gasteiger partial charge in [0.05, 0.1) is 0 Å². The molecule has 1 aromatic carbocycles. The van der Waals surface area contributed by atoms with E-state index < -0.39 is 6.08 Å². The van der Waals surface area contributed by atoms with Crippen LogP contribution in [0.1, 0.15) is 17.9 Å². The molecule has 0 saturated carbocycles. The molecule has 0 radical (unpaired) electrons. The number of hydrogen-bond acceptors (Lipinski definition) is 1. The van der Waals surface area contributed by atoms with E-state index >= 15 is 0 Å². The molecule has 1 atom stereocenters. The molecule has 0 nitrogen and oxygen atoms in total. The van der Waals surface area contributed by atoms with Crippen molar-refractivity contribution in [1.29, 1.82) is 0 Å². The molecule has 1 rings (SSSR count). The molecular weight excluding hydrogens is 214 g/mol. The Kier molecular flexibility index (Phi) is 5.40. The van der Waals surface area contributed by atoms with E-state index in [9.17, 15) is 8.78 Å². The average molecular weight is 228 g/mol. The average Bonchev–Trinajstić information content (AvgIpc) is 2.25. The summed E-state index contributed by atoms with van der Waals surface area (Å²) >= 11 is 1.68. The van der Waals surface area contributed by atoms with E-state index in [0.717, 1.165) is 23.8 Å². The van der Waals surface area contributed by atoms with Crippen LogP contribution in [-0.2, 0) is 0 Å². The minimum Gasteiger partial charge on any atom is -0.174 e. The Labute approximate surface area is 93.4 Å². The maximum Gasteiger partial charge on any atom is 0.266 e. The molecule has 0 aliphatic carbocycles. The highest BCUT2D eigenvalue weighted by atomic mass is 32.2. The second kappa shape index (κ2) is 6.62. The number of thioether (sulfide) groups is 1. The summed E-state index contributed by atoms with van der Waals surface area (Å²) in [5.74, 6) is 0.729. The number of benzene rings is 1. The zero-order valence-electron chi connectivity index (χ0n) is 8.62. The van der Waals surface area contributed by atoms with Gasteiger partial charge in [-0.1, -0.05) is 30.3 Å². The zero-order valence-corrected chi connectivity index (χ0v) is 9.44. The van der Waals surface area contributed by atoms with Crippen LogP contribution >= 0.6 is 11.8 Å². The molecule has 0 saturated heterocycles. The molecule has 0 aromatic heterocycles. The highest BCUT2D eigenvalue weighted by molar-refractivity contribution is 7.98. The number of rotatable bonds is 5. The van der Waals surface area contributed by atoms with Crippen molar-refractivity contribution in [3.63, 3.8) is 0 Å². The summed E-state index contributed by atoms with van der Waals surface area (Å²) in [7, 11) is 0. The SMILES string of the molecule is CSCCC(C=C(F)F)c1ccccc1. The summed E-state index contributed by atoms with van der Waals surface area (Å²) in [6.45, 7) is 0. The zero-order chi connectivity index (χ0) is 11.1. The van der Waals surface area contributed by atoms with Gasteiger partial charge >= 0.3 is 0 Å². The first kappa shape index (κ1) is 12.2. The van der Waals surface area contributed by atoms with Gasteiger partial charge in [0.2, 0.25) is 0 Å². The van der Waals surface area contributed by atoms with E-state index in [2.05, 4.69) is 0 Å². The van der Waals surface area contributed by atoms with Gasteiger partial charge in [0.25, 0.3) is 6.08 Å². The van der Waals surface area contributed by atoms with Crippen LogP contribution in [0.2, 0.25) is 0 Å². The van der Waals surface area contributed by atoms with Crippen molar-refractivity contribution in [1.82, 2.24) is 0 Å². The Morgan fingerprint density at radius 2 is 2.00 bits per heavy atom. The van der Waals surface area contributed by atoms with Gasteiger partial charge < -0.3 is 0 Å². The molecule has 0 N–H and O–H groups in total. The van der Waals surface area contributed by atoms with Crippen LogP contribution in [0.4, 0.5) is 8.78 Å². The quantitative estimate of drug-likeness (QED) is 0.724. The van der Waals surface area contributed by atoms with Gasteiger partial charge in [0.1, 0.15) is 0 Å². The fraction of sp³-hybridized carbons (Fsp3) is 0.333. The lowest BCUT2D eigenvalue weighted by atomic mass is 9.97. The van der Waals surface area contributed by atoms with Crippen LogP contribution in [0.3, 0.4) is 0 Å². The van der Waals surface area contributed by atoms with Crippen molar-refractivity contribution >= 4 is 11.8 Å². The van der Waals surface area contributed by atoms with Gasteiger partial charge in [-0.2, -0.15) is 20.5 Å². The third-order valence-electron chi connectivity index (χ3n) is 2.19. The molecule has 0 heterocycles. The summed E-state index contributed by atoms with van der Waals surface area (Å²) in [5, 5.41) is 0. The first-order valence-corrected chi connectivity index (χ1v) is 6.20. The standard InChI is InChI=1S/C12H14F2S/c1-15-8-7-11(9-12(13)14)10-5-3-2-4-6-10/h2-6,9,11H,7-8H2,1H3. The van der Waals surface area contributed by atoms with Crippen molar-refractivity contribution in [3.8, 4) is 0 Å². The predicted octanol–water partition coefficient (Wildman–Crippen LogP) is 4.30. The molecule has 15 heavy (non-hydrogen) atoms. The maximum atomic E-state index is 12.3. The van der Waals surface area contributed by atoms with E-state index in [4.69, 9.17) is 0 Å². The molecule has 3 heteroatoms. The molecule has 1 aromatic rings. The largest absolute Gasteiger partial charge is 0.266 e. The van der Waals surface area contributed by atoms with Crippen molar-refractivity contribution < 1.29 is 8.78 Å². The Hall–Kier alpha value is -0.830. The summed E-state index contributed by atoms with van der Waals surface area (Å²) in [4.78, 5) is 0. The van der Waals surface area contributed by atoms with Crippen molar-refractivity contribution in [2.24, 2.45) is 0 Å². The molecule has 0 spiro atoms. The molecule has 0 fully saturated rings. The second-order valence-corrected chi connectivity index (χ2v) is 4.24. The summed E-state index contributed by atoms with van der Waals surface area (Å²) in [5.41, 5.74) is 0.958.